The minimum Gasteiger partial charge on any atom is -0.497 e. The third kappa shape index (κ3) is 3.22. The number of aliphatic hydroxyl groups excluding tert-OH is 1. The van der Waals surface area contributed by atoms with Crippen LogP contribution in [0.1, 0.15) is 31.2 Å². The Morgan fingerprint density at radius 1 is 1.50 bits per heavy atom. The fraction of sp³-hybridized carbons (Fsp3) is 0.533. The third-order valence-corrected chi connectivity index (χ3v) is 4.07. The van der Waals surface area contributed by atoms with Crippen LogP contribution in [-0.2, 0) is 0 Å². The van der Waals surface area contributed by atoms with Gasteiger partial charge in [-0.15, -0.1) is 0 Å². The van der Waals surface area contributed by atoms with Gasteiger partial charge in [0.25, 0.3) is 0 Å². The Morgan fingerprint density at radius 3 is 2.75 bits per heavy atom. The molecule has 0 heterocycles. The average Bonchev–Trinajstić information content (AvgIpc) is 2.40. The lowest BCUT2D eigenvalue weighted by Crippen LogP contribution is -2.42. The molecule has 0 bridgehead atoms. The molecule has 1 aromatic rings. The van der Waals surface area contributed by atoms with Crippen molar-refractivity contribution in [3.63, 3.8) is 0 Å². The molecular weight excluding hydrogens is 272 g/mol. The number of anilines is 1. The third-order valence-electron chi connectivity index (χ3n) is 3.85. The van der Waals surface area contributed by atoms with E-state index in [0.29, 0.717) is 11.0 Å². The first-order chi connectivity index (χ1) is 9.67. The van der Waals surface area contributed by atoms with Crippen LogP contribution in [-0.4, -0.2) is 36.4 Å². The van der Waals surface area contributed by atoms with E-state index in [0.717, 1.165) is 30.0 Å². The first-order valence-electron chi connectivity index (χ1n) is 7.02. The van der Waals surface area contributed by atoms with Crippen LogP contribution in [0.25, 0.3) is 0 Å². The zero-order chi connectivity index (χ0) is 14.5. The summed E-state index contributed by atoms with van der Waals surface area (Å²) in [4.78, 5) is 2.72. The van der Waals surface area contributed by atoms with Crippen LogP contribution in [0.2, 0.25) is 0 Å². The van der Waals surface area contributed by atoms with E-state index in [2.05, 4.69) is 4.90 Å². The van der Waals surface area contributed by atoms with E-state index < -0.39 is 0 Å². The molecule has 0 aromatic heterocycles. The summed E-state index contributed by atoms with van der Waals surface area (Å²) >= 11 is 5.16. The molecule has 1 saturated carbocycles. The lowest BCUT2D eigenvalue weighted by molar-refractivity contribution is 0.283. The highest BCUT2D eigenvalue weighted by Gasteiger charge is 2.27. The molecule has 4 nitrogen and oxygen atoms in total. The normalized spacial score (nSPS) is 14.7. The molecule has 1 fully saturated rings. The molecule has 1 aliphatic rings. The number of thiocarbonyl (C=S) groups is 1. The van der Waals surface area contributed by atoms with Crippen molar-refractivity contribution in [2.45, 2.75) is 31.7 Å². The number of hydrogen-bond acceptors (Lipinski definition) is 4. The lowest BCUT2D eigenvalue weighted by atomic mass is 9.90. The summed E-state index contributed by atoms with van der Waals surface area (Å²) in [6, 6.07) is 6.30. The van der Waals surface area contributed by atoms with Gasteiger partial charge >= 0.3 is 0 Å². The Labute approximate surface area is 125 Å². The second-order valence-electron chi connectivity index (χ2n) is 5.10. The number of nitrogens with two attached hydrogens (primary N) is 1. The monoisotopic (exact) mass is 294 g/mol. The van der Waals surface area contributed by atoms with Crippen molar-refractivity contribution in [3.05, 3.63) is 23.8 Å². The molecule has 0 amide bonds. The van der Waals surface area contributed by atoms with Gasteiger partial charge in [0, 0.05) is 30.8 Å². The summed E-state index contributed by atoms with van der Waals surface area (Å²) in [5.74, 6) is 0.799. The van der Waals surface area contributed by atoms with Crippen LogP contribution in [0.5, 0.6) is 5.75 Å². The number of methoxy groups -OCH3 is 1. The van der Waals surface area contributed by atoms with Crippen LogP contribution in [0.4, 0.5) is 5.69 Å². The number of rotatable bonds is 7. The van der Waals surface area contributed by atoms with Gasteiger partial charge in [0.15, 0.2) is 0 Å². The molecule has 110 valence electrons. The molecule has 5 heteroatoms. The van der Waals surface area contributed by atoms with Gasteiger partial charge in [-0.2, -0.15) is 0 Å². The summed E-state index contributed by atoms with van der Waals surface area (Å²) in [6.07, 6.45) is 4.36. The summed E-state index contributed by atoms with van der Waals surface area (Å²) < 4.78 is 5.32. The van der Waals surface area contributed by atoms with Gasteiger partial charge in [0.1, 0.15) is 10.7 Å². The Morgan fingerprint density at radius 2 is 2.25 bits per heavy atom. The minimum absolute atomic E-state index is 0.190. The second kappa shape index (κ2) is 6.90. The van der Waals surface area contributed by atoms with Gasteiger partial charge in [0.2, 0.25) is 0 Å². The molecule has 20 heavy (non-hydrogen) atoms. The summed E-state index contributed by atoms with van der Waals surface area (Å²) in [7, 11) is 1.65. The maximum Gasteiger partial charge on any atom is 0.120 e. The van der Waals surface area contributed by atoms with Gasteiger partial charge in [-0.25, -0.2) is 0 Å². The number of aliphatic hydroxyl groups is 1. The zero-order valence-electron chi connectivity index (χ0n) is 11.8. The highest BCUT2D eigenvalue weighted by atomic mass is 32.1. The highest BCUT2D eigenvalue weighted by Crippen LogP contribution is 2.34. The zero-order valence-corrected chi connectivity index (χ0v) is 12.7. The fourth-order valence-electron chi connectivity index (χ4n) is 2.52. The van der Waals surface area contributed by atoms with Crippen LogP contribution in [0.3, 0.4) is 0 Å². The standard InChI is InChI=1S/C15H22N2O2S/c1-19-12-6-7-13(15(16)20)14(10-12)17(8-3-9-18)11-4-2-5-11/h6-7,10-11,18H,2-5,8-9H2,1H3,(H2,16,20). The Balaban J connectivity index is 2.35. The van der Waals surface area contributed by atoms with Crippen molar-refractivity contribution in [3.8, 4) is 5.75 Å². The van der Waals surface area contributed by atoms with E-state index in [1.54, 1.807) is 7.11 Å². The number of benzene rings is 1. The molecule has 1 aromatic carbocycles. The van der Waals surface area contributed by atoms with Crippen molar-refractivity contribution < 1.29 is 9.84 Å². The van der Waals surface area contributed by atoms with Crippen LogP contribution >= 0.6 is 12.2 Å². The predicted octanol–water partition coefficient (Wildman–Crippen LogP) is 2.07. The van der Waals surface area contributed by atoms with E-state index in [4.69, 9.17) is 27.8 Å². The van der Waals surface area contributed by atoms with E-state index in [1.807, 2.05) is 18.2 Å². The van der Waals surface area contributed by atoms with E-state index >= 15 is 0 Å². The SMILES string of the molecule is COc1ccc(C(N)=S)c(N(CCCO)C2CCC2)c1. The smallest absolute Gasteiger partial charge is 0.120 e. The Bertz CT molecular complexity index is 475. The van der Waals surface area contributed by atoms with E-state index in [1.165, 1.54) is 19.3 Å². The molecule has 1 aliphatic carbocycles. The van der Waals surface area contributed by atoms with E-state index in [9.17, 15) is 0 Å². The molecule has 0 radical (unpaired) electrons. The maximum absolute atomic E-state index is 9.11. The van der Waals surface area contributed by atoms with Crippen LogP contribution in [0.15, 0.2) is 18.2 Å². The molecule has 3 N–H and O–H groups in total. The maximum atomic E-state index is 9.11. The van der Waals surface area contributed by atoms with E-state index in [-0.39, 0.29) is 6.61 Å². The van der Waals surface area contributed by atoms with Crippen molar-refractivity contribution in [2.24, 2.45) is 5.73 Å². The second-order valence-corrected chi connectivity index (χ2v) is 5.54. The Kier molecular flexibility index (Phi) is 5.20. The minimum atomic E-state index is 0.190. The number of hydrogen-bond donors (Lipinski definition) is 2. The van der Waals surface area contributed by atoms with Crippen LogP contribution < -0.4 is 15.4 Å². The van der Waals surface area contributed by atoms with Gasteiger partial charge < -0.3 is 20.5 Å². The van der Waals surface area contributed by atoms with Gasteiger partial charge in [-0.1, -0.05) is 12.2 Å². The molecule has 0 atom stereocenters. The molecule has 0 saturated heterocycles. The highest BCUT2D eigenvalue weighted by molar-refractivity contribution is 7.80. The fourth-order valence-corrected chi connectivity index (χ4v) is 2.70. The summed E-state index contributed by atoms with van der Waals surface area (Å²) in [5, 5.41) is 9.11. The topological polar surface area (TPSA) is 58.7 Å². The molecule has 0 unspecified atom stereocenters. The van der Waals surface area contributed by atoms with Crippen molar-refractivity contribution >= 4 is 22.9 Å². The molecule has 0 aliphatic heterocycles. The quantitative estimate of drug-likeness (QED) is 0.754. The van der Waals surface area contributed by atoms with Gasteiger partial charge in [-0.05, 0) is 37.8 Å². The Hall–Kier alpha value is -1.33. The first kappa shape index (κ1) is 15.1. The van der Waals surface area contributed by atoms with Gasteiger partial charge in [-0.3, -0.25) is 0 Å². The largest absolute Gasteiger partial charge is 0.497 e. The average molecular weight is 294 g/mol. The van der Waals surface area contributed by atoms with Crippen LogP contribution in [0, 0.1) is 0 Å². The van der Waals surface area contributed by atoms with Crippen molar-refractivity contribution in [1.82, 2.24) is 0 Å². The molecule has 2 rings (SSSR count). The summed E-state index contributed by atoms with van der Waals surface area (Å²) in [6.45, 7) is 1.000. The summed E-state index contributed by atoms with van der Waals surface area (Å²) in [5.41, 5.74) is 7.75. The van der Waals surface area contributed by atoms with Crippen molar-refractivity contribution in [2.75, 3.05) is 25.2 Å². The number of nitrogens with zero attached hydrogens (tertiary/aromatic N) is 1. The first-order valence-corrected chi connectivity index (χ1v) is 7.43. The molecular formula is C15H22N2O2S. The lowest BCUT2D eigenvalue weighted by Gasteiger charge is -2.40. The number of ether oxygens (including phenoxy) is 1. The predicted molar refractivity (Wildman–Crippen MR) is 85.6 cm³/mol. The van der Waals surface area contributed by atoms with Gasteiger partial charge in [0.05, 0.1) is 12.8 Å². The van der Waals surface area contributed by atoms with Crippen molar-refractivity contribution in [1.29, 1.82) is 0 Å². The molecule has 0 spiro atoms.